The molecular formula is C34H39F4N5O5Si. The molecule has 2 heterocycles. The quantitative estimate of drug-likeness (QED) is 0.0924. The Hall–Kier alpha value is -4.63. The van der Waals surface area contributed by atoms with Crippen LogP contribution in [0.1, 0.15) is 37.9 Å². The Morgan fingerprint density at radius 1 is 1.02 bits per heavy atom. The Morgan fingerprint density at radius 2 is 1.80 bits per heavy atom. The van der Waals surface area contributed by atoms with Crippen molar-refractivity contribution in [1.29, 1.82) is 0 Å². The van der Waals surface area contributed by atoms with Crippen LogP contribution < -0.4 is 24.4 Å². The largest absolute Gasteiger partial charge is 0.573 e. The zero-order chi connectivity index (χ0) is 35.6. The highest BCUT2D eigenvalue weighted by atomic mass is 28.4. The van der Waals surface area contributed by atoms with E-state index in [1.165, 1.54) is 65.7 Å². The van der Waals surface area contributed by atoms with E-state index >= 15 is 0 Å². The number of rotatable bonds is 12. The van der Waals surface area contributed by atoms with Gasteiger partial charge in [0.1, 0.15) is 48.4 Å². The Labute approximate surface area is 283 Å². The fraction of sp³-hybridized carbons (Fsp3) is 0.382. The van der Waals surface area contributed by atoms with Gasteiger partial charge in [0, 0.05) is 42.1 Å². The molecule has 0 fully saturated rings. The van der Waals surface area contributed by atoms with Gasteiger partial charge in [-0.25, -0.2) is 14.1 Å². The second kappa shape index (κ2) is 14.1. The SMILES string of the molecule is COc1cc(NC(C(=O)N2CCc3ccc(OC(F)(F)F)cc32)c2ccc(F)cc2OCCO[Si](C)(C)C(C)(C)C)cc(-n2cncn2)c1. The normalized spacial score (nSPS) is 14.0. The number of carbonyl (C=O) groups is 1. The van der Waals surface area contributed by atoms with Crippen molar-refractivity contribution in [2.24, 2.45) is 0 Å². The van der Waals surface area contributed by atoms with E-state index in [9.17, 15) is 22.4 Å². The minimum atomic E-state index is -4.91. The van der Waals surface area contributed by atoms with E-state index in [4.69, 9.17) is 13.9 Å². The number of ether oxygens (including phenoxy) is 3. The third-order valence-corrected chi connectivity index (χ3v) is 13.3. The van der Waals surface area contributed by atoms with Crippen LogP contribution in [0.15, 0.2) is 67.3 Å². The molecule has 15 heteroatoms. The van der Waals surface area contributed by atoms with Gasteiger partial charge in [-0.1, -0.05) is 26.8 Å². The summed E-state index contributed by atoms with van der Waals surface area (Å²) in [5.74, 6) is -0.987. The van der Waals surface area contributed by atoms with E-state index in [1.54, 1.807) is 18.2 Å². The summed E-state index contributed by atoms with van der Waals surface area (Å²) in [6.45, 7) is 11.1. The van der Waals surface area contributed by atoms with E-state index in [-0.39, 0.29) is 36.2 Å². The van der Waals surface area contributed by atoms with Gasteiger partial charge >= 0.3 is 6.36 Å². The van der Waals surface area contributed by atoms with Crippen LogP contribution in [0.4, 0.5) is 28.9 Å². The lowest BCUT2D eigenvalue weighted by molar-refractivity contribution is -0.274. The third kappa shape index (κ3) is 8.51. The number of hydrogen-bond donors (Lipinski definition) is 1. The van der Waals surface area contributed by atoms with E-state index < -0.39 is 38.2 Å². The van der Waals surface area contributed by atoms with Crippen molar-refractivity contribution < 1.29 is 41.0 Å². The van der Waals surface area contributed by atoms with Crippen LogP contribution in [0.25, 0.3) is 5.69 Å². The molecule has 1 atom stereocenters. The van der Waals surface area contributed by atoms with E-state index in [1.807, 2.05) is 0 Å². The molecule has 1 amide bonds. The highest BCUT2D eigenvalue weighted by Crippen LogP contribution is 2.39. The molecule has 5 rings (SSSR count). The van der Waals surface area contributed by atoms with Gasteiger partial charge in [-0.3, -0.25) is 4.79 Å². The molecule has 3 aromatic carbocycles. The zero-order valence-electron chi connectivity index (χ0n) is 28.1. The molecule has 4 aromatic rings. The second-order valence-corrected chi connectivity index (χ2v) is 17.9. The van der Waals surface area contributed by atoms with Gasteiger partial charge in [-0.2, -0.15) is 5.10 Å². The van der Waals surface area contributed by atoms with Crippen LogP contribution in [-0.4, -0.2) is 62.2 Å². The number of amides is 1. The molecule has 0 bridgehead atoms. The van der Waals surface area contributed by atoms with Crippen LogP contribution >= 0.6 is 0 Å². The number of nitrogens with zero attached hydrogens (tertiary/aromatic N) is 4. The fourth-order valence-corrected chi connectivity index (χ4v) is 6.20. The first-order chi connectivity index (χ1) is 23.0. The monoisotopic (exact) mass is 701 g/mol. The molecule has 1 aromatic heterocycles. The van der Waals surface area contributed by atoms with E-state index in [0.717, 1.165) is 0 Å². The molecule has 0 aliphatic carbocycles. The maximum atomic E-state index is 14.7. The van der Waals surface area contributed by atoms with E-state index in [0.29, 0.717) is 34.7 Å². The van der Waals surface area contributed by atoms with E-state index in [2.05, 4.69) is 54.0 Å². The van der Waals surface area contributed by atoms with Crippen molar-refractivity contribution >= 4 is 25.6 Å². The smallest absolute Gasteiger partial charge is 0.497 e. The van der Waals surface area contributed by atoms with Crippen molar-refractivity contribution in [3.8, 4) is 22.9 Å². The molecule has 1 aliphatic heterocycles. The Kier molecular flexibility index (Phi) is 10.2. The summed E-state index contributed by atoms with van der Waals surface area (Å²) in [6, 6.07) is 11.7. The van der Waals surface area contributed by atoms with Crippen LogP contribution in [0, 0.1) is 5.82 Å². The summed E-state index contributed by atoms with van der Waals surface area (Å²) >= 11 is 0. The van der Waals surface area contributed by atoms with Crippen LogP contribution in [0.5, 0.6) is 17.2 Å². The highest BCUT2D eigenvalue weighted by Gasteiger charge is 2.38. The lowest BCUT2D eigenvalue weighted by atomic mass is 10.0. The first kappa shape index (κ1) is 35.7. The highest BCUT2D eigenvalue weighted by molar-refractivity contribution is 6.74. The van der Waals surface area contributed by atoms with Crippen molar-refractivity contribution in [1.82, 2.24) is 14.8 Å². The third-order valence-electron chi connectivity index (χ3n) is 8.72. The topological polar surface area (TPSA) is 100.0 Å². The fourth-order valence-electron chi connectivity index (χ4n) is 5.18. The van der Waals surface area contributed by atoms with Crippen molar-refractivity contribution in [2.45, 2.75) is 57.7 Å². The first-order valence-corrected chi connectivity index (χ1v) is 18.5. The Balaban J connectivity index is 1.52. The lowest BCUT2D eigenvalue weighted by Crippen LogP contribution is -2.41. The first-order valence-electron chi connectivity index (χ1n) is 15.6. The molecule has 1 N–H and O–H groups in total. The summed E-state index contributed by atoms with van der Waals surface area (Å²) in [5, 5.41) is 7.41. The molecular weight excluding hydrogens is 662 g/mol. The van der Waals surface area contributed by atoms with Crippen molar-refractivity contribution in [2.75, 3.05) is 37.1 Å². The van der Waals surface area contributed by atoms with Crippen LogP contribution in [-0.2, 0) is 15.6 Å². The molecule has 0 radical (unpaired) electrons. The molecule has 1 unspecified atom stereocenters. The van der Waals surface area contributed by atoms with Gasteiger partial charge in [0.15, 0.2) is 8.32 Å². The second-order valence-electron chi connectivity index (χ2n) is 13.1. The van der Waals surface area contributed by atoms with Crippen LogP contribution in [0.2, 0.25) is 18.1 Å². The van der Waals surface area contributed by atoms with Gasteiger partial charge in [0.25, 0.3) is 5.91 Å². The van der Waals surface area contributed by atoms with Gasteiger partial charge < -0.3 is 28.9 Å². The van der Waals surface area contributed by atoms with Crippen molar-refractivity contribution in [3.63, 3.8) is 0 Å². The molecule has 0 spiro atoms. The maximum Gasteiger partial charge on any atom is 0.573 e. The number of carbonyl (C=O) groups excluding carboxylic acids is 1. The van der Waals surface area contributed by atoms with Gasteiger partial charge in [0.05, 0.1) is 25.1 Å². The molecule has 1 aliphatic rings. The van der Waals surface area contributed by atoms with Gasteiger partial charge in [0.2, 0.25) is 0 Å². The number of hydrogen-bond acceptors (Lipinski definition) is 8. The van der Waals surface area contributed by atoms with Gasteiger partial charge in [-0.05, 0) is 54.4 Å². The number of methoxy groups -OCH3 is 1. The number of benzene rings is 3. The number of alkyl halides is 3. The molecule has 0 saturated heterocycles. The minimum absolute atomic E-state index is 0.0305. The lowest BCUT2D eigenvalue weighted by Gasteiger charge is -2.36. The number of fused-ring (bicyclic) bond motifs is 1. The maximum absolute atomic E-state index is 14.7. The Bertz CT molecular complexity index is 1780. The standard InChI is InChI=1S/C34H39F4N5O5Si/c1-33(2,3)49(5,6)47-14-13-46-30-15-23(35)8-10-28(30)31(41-24-16-25(18-27(17-24)45-4)43-21-39-20-40-43)32(44)42-12-11-22-7-9-26(19-29(22)42)48-34(36,37)38/h7-10,15-21,31,41H,11-14H2,1-6H3. The summed E-state index contributed by atoms with van der Waals surface area (Å²) in [5.41, 5.74) is 2.27. The Morgan fingerprint density at radius 3 is 2.47 bits per heavy atom. The molecule has 10 nitrogen and oxygen atoms in total. The summed E-state index contributed by atoms with van der Waals surface area (Å²) in [6.07, 6.45) is -1.62. The number of anilines is 2. The number of aromatic nitrogens is 3. The van der Waals surface area contributed by atoms with Gasteiger partial charge in [-0.15, -0.1) is 13.2 Å². The molecule has 262 valence electrons. The minimum Gasteiger partial charge on any atom is -0.497 e. The number of nitrogens with one attached hydrogen (secondary N) is 1. The molecule has 0 saturated carbocycles. The predicted octanol–water partition coefficient (Wildman–Crippen LogP) is 7.46. The predicted molar refractivity (Wildman–Crippen MR) is 179 cm³/mol. The average Bonchev–Trinajstić information content (AvgIpc) is 3.71. The summed E-state index contributed by atoms with van der Waals surface area (Å²) in [7, 11) is -0.606. The number of halogens is 4. The summed E-state index contributed by atoms with van der Waals surface area (Å²) < 4.78 is 77.5. The van der Waals surface area contributed by atoms with Crippen LogP contribution in [0.3, 0.4) is 0 Å². The average molecular weight is 702 g/mol. The molecule has 49 heavy (non-hydrogen) atoms. The van der Waals surface area contributed by atoms with Crippen molar-refractivity contribution in [3.05, 3.63) is 84.2 Å². The zero-order valence-corrected chi connectivity index (χ0v) is 29.1. The summed E-state index contributed by atoms with van der Waals surface area (Å²) in [4.78, 5) is 19.9.